The van der Waals surface area contributed by atoms with Crippen LogP contribution in [0.2, 0.25) is 0 Å². The molecule has 0 spiro atoms. The number of carbonyl (C=O) groups is 1. The van der Waals surface area contributed by atoms with E-state index in [1.165, 1.54) is 0 Å². The van der Waals surface area contributed by atoms with Crippen LogP contribution in [0.4, 0.5) is 0 Å². The molecule has 0 saturated carbocycles. The van der Waals surface area contributed by atoms with Gasteiger partial charge in [0, 0.05) is 15.3 Å². The molecule has 0 aliphatic rings. The quantitative estimate of drug-likeness (QED) is 0.626. The first-order valence-corrected chi connectivity index (χ1v) is 4.82. The second-order valence-corrected chi connectivity index (χ2v) is 4.10. The molecular weight excluding hydrogens is 236 g/mol. The molecule has 0 amide bonds. The van der Waals surface area contributed by atoms with E-state index >= 15 is 0 Å². The first-order chi connectivity index (χ1) is 5.63. The van der Waals surface area contributed by atoms with Gasteiger partial charge in [-0.2, -0.15) is 0 Å². The monoisotopic (exact) mass is 244 g/mol. The van der Waals surface area contributed by atoms with Crippen LogP contribution in [0.3, 0.4) is 0 Å². The second kappa shape index (κ2) is 4.10. The van der Waals surface area contributed by atoms with Crippen molar-refractivity contribution in [3.05, 3.63) is 28.2 Å². The van der Waals surface area contributed by atoms with Crippen LogP contribution in [0.15, 0.2) is 27.6 Å². The summed E-state index contributed by atoms with van der Waals surface area (Å²) >= 11 is 7.56. The minimum Gasteiger partial charge on any atom is -0.303 e. The van der Waals surface area contributed by atoms with Gasteiger partial charge >= 0.3 is 0 Å². The van der Waals surface area contributed by atoms with Crippen molar-refractivity contribution in [3.63, 3.8) is 0 Å². The molecule has 1 unspecified atom stereocenters. The maximum Gasteiger partial charge on any atom is 0.127 e. The molecule has 0 aliphatic carbocycles. The van der Waals surface area contributed by atoms with Crippen molar-refractivity contribution in [1.29, 1.82) is 0 Å². The van der Waals surface area contributed by atoms with Gasteiger partial charge in [0.2, 0.25) is 0 Å². The Bertz CT molecular complexity index is 278. The van der Waals surface area contributed by atoms with Gasteiger partial charge in [0.05, 0.1) is 0 Å². The molecule has 0 radical (unpaired) electrons. The van der Waals surface area contributed by atoms with Gasteiger partial charge in [0.25, 0.3) is 0 Å². The van der Waals surface area contributed by atoms with Crippen molar-refractivity contribution < 1.29 is 4.79 Å². The fraction of sp³-hybridized carbons (Fsp3) is 0.222. The minimum absolute atomic E-state index is 0.0617. The van der Waals surface area contributed by atoms with Crippen molar-refractivity contribution in [2.75, 3.05) is 0 Å². The lowest BCUT2D eigenvalue weighted by molar-refractivity contribution is -0.108. The Morgan fingerprint density at radius 1 is 1.50 bits per heavy atom. The molecule has 1 aromatic rings. The zero-order valence-corrected chi connectivity index (χ0v) is 9.10. The maximum atomic E-state index is 10.5. The van der Waals surface area contributed by atoms with E-state index in [1.807, 2.05) is 25.1 Å². The van der Waals surface area contributed by atoms with E-state index in [0.717, 1.165) is 21.2 Å². The number of hydrogen-bond acceptors (Lipinski definition) is 2. The normalized spacial score (nSPS) is 12.6. The highest BCUT2D eigenvalue weighted by Crippen LogP contribution is 2.22. The molecule has 3 heteroatoms. The second-order valence-electron chi connectivity index (χ2n) is 2.67. The predicted octanol–water partition coefficient (Wildman–Crippen LogP) is 3.04. The molecule has 0 fully saturated rings. The number of aldehydes is 1. The van der Waals surface area contributed by atoms with E-state index in [9.17, 15) is 4.79 Å². The summed E-state index contributed by atoms with van der Waals surface area (Å²) in [7, 11) is 0. The summed E-state index contributed by atoms with van der Waals surface area (Å²) in [5.41, 5.74) is 0.990. The van der Waals surface area contributed by atoms with Gasteiger partial charge in [0.15, 0.2) is 0 Å². The van der Waals surface area contributed by atoms with Gasteiger partial charge in [-0.05, 0) is 23.8 Å². The van der Waals surface area contributed by atoms with Crippen molar-refractivity contribution >= 4 is 34.8 Å². The highest BCUT2D eigenvalue weighted by molar-refractivity contribution is 9.10. The summed E-state index contributed by atoms with van der Waals surface area (Å²) in [6, 6.07) is 5.72. The van der Waals surface area contributed by atoms with Gasteiger partial charge in [-0.25, -0.2) is 0 Å². The Morgan fingerprint density at radius 2 is 2.17 bits per heavy atom. The zero-order chi connectivity index (χ0) is 9.14. The van der Waals surface area contributed by atoms with Gasteiger partial charge in [-0.1, -0.05) is 22.9 Å². The van der Waals surface area contributed by atoms with Gasteiger partial charge in [0.1, 0.15) is 6.29 Å². The van der Waals surface area contributed by atoms with Crippen LogP contribution in [0.1, 0.15) is 18.4 Å². The fourth-order valence-corrected chi connectivity index (χ4v) is 1.91. The number of benzene rings is 1. The third-order valence-electron chi connectivity index (χ3n) is 1.63. The zero-order valence-electron chi connectivity index (χ0n) is 6.62. The van der Waals surface area contributed by atoms with E-state index in [1.54, 1.807) is 0 Å². The molecular formula is C9H9BrOS. The summed E-state index contributed by atoms with van der Waals surface area (Å²) in [6.07, 6.45) is 0.926. The van der Waals surface area contributed by atoms with Gasteiger partial charge in [-0.3, -0.25) is 0 Å². The van der Waals surface area contributed by atoms with E-state index < -0.39 is 0 Å². The number of thiol groups is 1. The van der Waals surface area contributed by atoms with Crippen LogP contribution in [0, 0.1) is 0 Å². The molecule has 1 atom stereocenters. The van der Waals surface area contributed by atoms with Crippen LogP contribution in [0.5, 0.6) is 0 Å². The van der Waals surface area contributed by atoms with Crippen LogP contribution in [0.25, 0.3) is 0 Å². The standard InChI is InChI=1S/C9H9BrOS/c1-6(5-11)7-2-8(10)4-9(12)3-7/h2-6,12H,1H3. The molecule has 0 aliphatic heterocycles. The average Bonchev–Trinajstić information content (AvgIpc) is 2.01. The maximum absolute atomic E-state index is 10.5. The number of rotatable bonds is 2. The van der Waals surface area contributed by atoms with Crippen molar-refractivity contribution in [3.8, 4) is 0 Å². The Kier molecular flexibility index (Phi) is 3.35. The lowest BCUT2D eigenvalue weighted by atomic mass is 10.0. The molecule has 0 aromatic heterocycles. The van der Waals surface area contributed by atoms with Crippen LogP contribution >= 0.6 is 28.6 Å². The third kappa shape index (κ3) is 2.35. The summed E-state index contributed by atoms with van der Waals surface area (Å²) < 4.78 is 0.957. The van der Waals surface area contributed by atoms with Crippen molar-refractivity contribution in [2.45, 2.75) is 17.7 Å². The number of hydrogen-bond donors (Lipinski definition) is 1. The molecule has 0 saturated heterocycles. The van der Waals surface area contributed by atoms with Gasteiger partial charge < -0.3 is 4.79 Å². The number of halogens is 1. The molecule has 0 bridgehead atoms. The summed E-state index contributed by atoms with van der Waals surface area (Å²) in [6.45, 7) is 1.86. The molecule has 0 heterocycles. The highest BCUT2D eigenvalue weighted by atomic mass is 79.9. The van der Waals surface area contributed by atoms with Crippen molar-refractivity contribution in [2.24, 2.45) is 0 Å². The fourth-order valence-electron chi connectivity index (χ4n) is 0.938. The SMILES string of the molecule is CC(C=O)c1cc(S)cc(Br)c1. The summed E-state index contributed by atoms with van der Waals surface area (Å²) in [4.78, 5) is 11.4. The third-order valence-corrected chi connectivity index (χ3v) is 2.35. The molecule has 0 N–H and O–H groups in total. The Balaban J connectivity index is 3.08. The Morgan fingerprint density at radius 3 is 2.67 bits per heavy atom. The molecule has 1 aromatic carbocycles. The van der Waals surface area contributed by atoms with Crippen LogP contribution in [-0.2, 0) is 4.79 Å². The van der Waals surface area contributed by atoms with Crippen molar-refractivity contribution in [1.82, 2.24) is 0 Å². The molecule has 12 heavy (non-hydrogen) atoms. The van der Waals surface area contributed by atoms with Crippen LogP contribution in [-0.4, -0.2) is 6.29 Å². The smallest absolute Gasteiger partial charge is 0.127 e. The van der Waals surface area contributed by atoms with E-state index in [4.69, 9.17) is 0 Å². The first kappa shape index (κ1) is 9.81. The van der Waals surface area contributed by atoms with E-state index in [0.29, 0.717) is 0 Å². The summed E-state index contributed by atoms with van der Waals surface area (Å²) in [5.74, 6) is -0.0617. The molecule has 1 nitrogen and oxygen atoms in total. The average molecular weight is 245 g/mol. The predicted molar refractivity (Wildman–Crippen MR) is 55.9 cm³/mol. The van der Waals surface area contributed by atoms with E-state index in [2.05, 4.69) is 28.6 Å². The topological polar surface area (TPSA) is 17.1 Å². The van der Waals surface area contributed by atoms with Gasteiger partial charge in [-0.15, -0.1) is 12.6 Å². The van der Waals surface area contributed by atoms with Crippen LogP contribution < -0.4 is 0 Å². The molecule has 1 rings (SSSR count). The minimum atomic E-state index is -0.0617. The highest BCUT2D eigenvalue weighted by Gasteiger charge is 2.04. The lowest BCUT2D eigenvalue weighted by Crippen LogP contribution is -1.93. The number of carbonyl (C=O) groups excluding carboxylic acids is 1. The van der Waals surface area contributed by atoms with E-state index in [-0.39, 0.29) is 5.92 Å². The molecule has 64 valence electrons. The summed E-state index contributed by atoms with van der Waals surface area (Å²) in [5, 5.41) is 0. The Hall–Kier alpha value is -0.280. The Labute approximate surface area is 85.7 Å². The first-order valence-electron chi connectivity index (χ1n) is 3.58. The largest absolute Gasteiger partial charge is 0.303 e. The lowest BCUT2D eigenvalue weighted by Gasteiger charge is -2.05.